The minimum atomic E-state index is -0.0886. The maximum atomic E-state index is 12.2. The molecule has 1 aromatic carbocycles. The summed E-state index contributed by atoms with van der Waals surface area (Å²) >= 11 is 1.62. The highest BCUT2D eigenvalue weighted by Gasteiger charge is 2.15. The molecule has 0 bridgehead atoms. The van der Waals surface area contributed by atoms with E-state index in [4.69, 9.17) is 0 Å². The number of nitrogens with one attached hydrogen (secondary N) is 1. The quantitative estimate of drug-likeness (QED) is 0.812. The Hall–Kier alpha value is -1.94. The van der Waals surface area contributed by atoms with E-state index in [9.17, 15) is 9.59 Å². The number of rotatable bonds is 6. The van der Waals surface area contributed by atoms with Gasteiger partial charge in [0.1, 0.15) is 0 Å². The summed E-state index contributed by atoms with van der Waals surface area (Å²) in [4.78, 5) is 26.3. The first-order valence-corrected chi connectivity index (χ1v) is 8.23. The molecule has 0 aliphatic rings. The van der Waals surface area contributed by atoms with Gasteiger partial charge in [0.25, 0.3) is 0 Å². The van der Waals surface area contributed by atoms with Crippen LogP contribution in [0.25, 0.3) is 0 Å². The van der Waals surface area contributed by atoms with Crippen LogP contribution in [0.5, 0.6) is 0 Å². The van der Waals surface area contributed by atoms with Gasteiger partial charge in [-0.05, 0) is 32.4 Å². The lowest BCUT2D eigenvalue weighted by Crippen LogP contribution is -2.26. The molecule has 1 atom stereocenters. The zero-order valence-corrected chi connectivity index (χ0v) is 14.0. The minimum absolute atomic E-state index is 0.0457. The monoisotopic (exact) mass is 315 g/mol. The molecule has 1 N–H and O–H groups in total. The molecule has 0 saturated heterocycles. The maximum Gasteiger partial charge on any atom is 0.220 e. The standard InChI is InChI=1S/C18H21NO2S/c1-12-11-16(14(3)22-12)17(20)9-10-18(21)19-13(2)15-7-5-4-6-8-15/h4-8,11,13H,9-10H2,1-3H3,(H,19,21). The molecule has 4 heteroatoms. The summed E-state index contributed by atoms with van der Waals surface area (Å²) in [5, 5.41) is 2.93. The maximum absolute atomic E-state index is 12.2. The van der Waals surface area contributed by atoms with Gasteiger partial charge in [-0.2, -0.15) is 0 Å². The first kappa shape index (κ1) is 16.4. The number of carbonyl (C=O) groups is 2. The van der Waals surface area contributed by atoms with E-state index in [2.05, 4.69) is 5.32 Å². The van der Waals surface area contributed by atoms with Gasteiger partial charge in [0, 0.05) is 28.2 Å². The van der Waals surface area contributed by atoms with Crippen LogP contribution in [0.2, 0.25) is 0 Å². The summed E-state index contributed by atoms with van der Waals surface area (Å²) in [5.41, 5.74) is 1.82. The lowest BCUT2D eigenvalue weighted by atomic mass is 10.1. The Labute approximate surface area is 135 Å². The van der Waals surface area contributed by atoms with E-state index >= 15 is 0 Å². The molecular weight excluding hydrogens is 294 g/mol. The average Bonchev–Trinajstić information content (AvgIpc) is 2.84. The van der Waals surface area contributed by atoms with Gasteiger partial charge in [-0.25, -0.2) is 0 Å². The Morgan fingerprint density at radius 3 is 2.41 bits per heavy atom. The van der Waals surface area contributed by atoms with Crippen LogP contribution in [0.3, 0.4) is 0 Å². The summed E-state index contributed by atoms with van der Waals surface area (Å²) in [6.45, 7) is 5.88. The summed E-state index contributed by atoms with van der Waals surface area (Å²) in [5.74, 6) is -0.0429. The number of benzene rings is 1. The van der Waals surface area contributed by atoms with Gasteiger partial charge in [-0.3, -0.25) is 9.59 Å². The van der Waals surface area contributed by atoms with Crippen molar-refractivity contribution >= 4 is 23.0 Å². The minimum Gasteiger partial charge on any atom is -0.350 e. The summed E-state index contributed by atoms with van der Waals surface area (Å²) in [6.07, 6.45) is 0.481. The molecule has 0 fully saturated rings. The number of aryl methyl sites for hydroxylation is 2. The van der Waals surface area contributed by atoms with Crippen LogP contribution in [-0.4, -0.2) is 11.7 Å². The van der Waals surface area contributed by atoms with Crippen molar-refractivity contribution in [2.75, 3.05) is 0 Å². The molecule has 0 saturated carbocycles. The smallest absolute Gasteiger partial charge is 0.220 e. The van der Waals surface area contributed by atoms with Crippen molar-refractivity contribution in [2.24, 2.45) is 0 Å². The van der Waals surface area contributed by atoms with Crippen molar-refractivity contribution in [2.45, 2.75) is 39.7 Å². The van der Waals surface area contributed by atoms with Crippen molar-refractivity contribution in [1.29, 1.82) is 0 Å². The first-order chi connectivity index (χ1) is 10.5. The van der Waals surface area contributed by atoms with Crippen molar-refractivity contribution in [1.82, 2.24) is 5.32 Å². The third kappa shape index (κ3) is 4.28. The highest BCUT2D eigenvalue weighted by molar-refractivity contribution is 7.12. The zero-order valence-electron chi connectivity index (χ0n) is 13.2. The number of carbonyl (C=O) groups excluding carboxylic acids is 2. The van der Waals surface area contributed by atoms with Crippen LogP contribution >= 0.6 is 11.3 Å². The molecule has 1 amide bonds. The highest BCUT2D eigenvalue weighted by Crippen LogP contribution is 2.22. The molecule has 116 valence electrons. The van der Waals surface area contributed by atoms with E-state index in [0.29, 0.717) is 0 Å². The molecule has 3 nitrogen and oxygen atoms in total. The van der Waals surface area contributed by atoms with Gasteiger partial charge < -0.3 is 5.32 Å². The normalized spacial score (nSPS) is 12.0. The van der Waals surface area contributed by atoms with Crippen LogP contribution in [0.1, 0.15) is 51.5 Å². The summed E-state index contributed by atoms with van der Waals surface area (Å²) in [7, 11) is 0. The van der Waals surface area contributed by atoms with Crippen LogP contribution in [0.15, 0.2) is 36.4 Å². The molecule has 0 spiro atoms. The van der Waals surface area contributed by atoms with Crippen LogP contribution in [-0.2, 0) is 4.79 Å². The molecule has 2 rings (SSSR count). The molecule has 1 heterocycles. The highest BCUT2D eigenvalue weighted by atomic mass is 32.1. The largest absolute Gasteiger partial charge is 0.350 e. The van der Waals surface area contributed by atoms with Crippen molar-refractivity contribution < 1.29 is 9.59 Å². The second-order valence-electron chi connectivity index (χ2n) is 5.45. The summed E-state index contributed by atoms with van der Waals surface area (Å²) in [6, 6.07) is 11.7. The Kier molecular flexibility index (Phi) is 5.50. The SMILES string of the molecule is Cc1cc(C(=O)CCC(=O)NC(C)c2ccccc2)c(C)s1. The van der Waals surface area contributed by atoms with Gasteiger partial charge in [-0.15, -0.1) is 11.3 Å². The zero-order chi connectivity index (χ0) is 16.1. The lowest BCUT2D eigenvalue weighted by molar-refractivity contribution is -0.121. The van der Waals surface area contributed by atoms with Gasteiger partial charge in [0.2, 0.25) is 5.91 Å². The Bertz CT molecular complexity index is 661. The predicted octanol–water partition coefficient (Wildman–Crippen LogP) is 4.21. The van der Waals surface area contributed by atoms with Gasteiger partial charge >= 0.3 is 0 Å². The molecule has 22 heavy (non-hydrogen) atoms. The third-order valence-electron chi connectivity index (χ3n) is 3.60. The van der Waals surface area contributed by atoms with E-state index in [0.717, 1.165) is 20.9 Å². The number of Topliss-reactive ketones (excluding diaryl/α,β-unsaturated/α-hetero) is 1. The Balaban J connectivity index is 1.85. The van der Waals surface area contributed by atoms with E-state index < -0.39 is 0 Å². The van der Waals surface area contributed by atoms with E-state index in [1.54, 1.807) is 11.3 Å². The molecule has 0 aliphatic heterocycles. The van der Waals surface area contributed by atoms with Crippen LogP contribution < -0.4 is 5.32 Å². The van der Waals surface area contributed by atoms with Crippen LogP contribution in [0.4, 0.5) is 0 Å². The Morgan fingerprint density at radius 2 is 1.82 bits per heavy atom. The van der Waals surface area contributed by atoms with Crippen molar-refractivity contribution in [3.63, 3.8) is 0 Å². The average molecular weight is 315 g/mol. The van der Waals surface area contributed by atoms with Crippen molar-refractivity contribution in [3.05, 3.63) is 57.3 Å². The summed E-state index contributed by atoms with van der Waals surface area (Å²) < 4.78 is 0. The van der Waals surface area contributed by atoms with E-state index in [1.807, 2.05) is 57.2 Å². The molecule has 2 aromatic rings. The number of thiophene rings is 1. The van der Waals surface area contributed by atoms with Gasteiger partial charge in [-0.1, -0.05) is 30.3 Å². The predicted molar refractivity (Wildman–Crippen MR) is 90.4 cm³/mol. The molecule has 0 radical (unpaired) electrons. The third-order valence-corrected chi connectivity index (χ3v) is 4.56. The Morgan fingerprint density at radius 1 is 1.14 bits per heavy atom. The number of hydrogen-bond acceptors (Lipinski definition) is 3. The van der Waals surface area contributed by atoms with E-state index in [-0.39, 0.29) is 30.6 Å². The second kappa shape index (κ2) is 7.36. The molecular formula is C18H21NO2S. The molecule has 1 aromatic heterocycles. The second-order valence-corrected chi connectivity index (χ2v) is 6.91. The van der Waals surface area contributed by atoms with Gasteiger partial charge in [0.15, 0.2) is 5.78 Å². The van der Waals surface area contributed by atoms with Crippen molar-refractivity contribution in [3.8, 4) is 0 Å². The first-order valence-electron chi connectivity index (χ1n) is 7.42. The molecule has 1 unspecified atom stereocenters. The van der Waals surface area contributed by atoms with Gasteiger partial charge in [0.05, 0.1) is 6.04 Å². The topological polar surface area (TPSA) is 46.2 Å². The fourth-order valence-corrected chi connectivity index (χ4v) is 3.35. The number of ketones is 1. The molecule has 0 aliphatic carbocycles. The van der Waals surface area contributed by atoms with Crippen LogP contribution in [0, 0.1) is 13.8 Å². The number of amides is 1. The fourth-order valence-electron chi connectivity index (χ4n) is 2.41. The fraction of sp³-hybridized carbons (Fsp3) is 0.333. The lowest BCUT2D eigenvalue weighted by Gasteiger charge is -2.14. The van der Waals surface area contributed by atoms with E-state index in [1.165, 1.54) is 0 Å². The number of hydrogen-bond donors (Lipinski definition) is 1.